The summed E-state index contributed by atoms with van der Waals surface area (Å²) < 4.78 is 0. The molecule has 1 aromatic heterocycles. The first-order valence-corrected chi connectivity index (χ1v) is 4.93. The highest BCUT2D eigenvalue weighted by Gasteiger charge is 2.15. The molecule has 0 saturated heterocycles. The van der Waals surface area contributed by atoms with E-state index < -0.39 is 12.2 Å². The van der Waals surface area contributed by atoms with Gasteiger partial charge in [-0.2, -0.15) is 0 Å². The Morgan fingerprint density at radius 3 is 2.64 bits per heavy atom. The van der Waals surface area contributed by atoms with Gasteiger partial charge in [-0.3, -0.25) is 0 Å². The van der Waals surface area contributed by atoms with Gasteiger partial charge in [0.05, 0.1) is 17.2 Å². The summed E-state index contributed by atoms with van der Waals surface area (Å²) in [5.41, 5.74) is 0.445. The zero-order valence-electron chi connectivity index (χ0n) is 7.61. The molecule has 5 heteroatoms. The fourth-order valence-electron chi connectivity index (χ4n) is 1.12. The summed E-state index contributed by atoms with van der Waals surface area (Å²) in [6.45, 7) is 1.59. The number of halogens is 2. The van der Waals surface area contributed by atoms with Crippen molar-refractivity contribution in [2.45, 2.75) is 25.6 Å². The van der Waals surface area contributed by atoms with Crippen LogP contribution in [0, 0.1) is 0 Å². The molecule has 2 N–H and O–H groups in total. The minimum absolute atomic E-state index is 0.210. The third-order valence-corrected chi connectivity index (χ3v) is 2.28. The van der Waals surface area contributed by atoms with E-state index in [4.69, 9.17) is 28.3 Å². The Kier molecular flexibility index (Phi) is 4.13. The monoisotopic (exact) mass is 235 g/mol. The van der Waals surface area contributed by atoms with Gasteiger partial charge in [-0.1, -0.05) is 23.2 Å². The lowest BCUT2D eigenvalue weighted by molar-refractivity contribution is 0.0906. The predicted molar refractivity (Wildman–Crippen MR) is 55.5 cm³/mol. The molecule has 1 aromatic rings. The highest BCUT2D eigenvalue weighted by Crippen LogP contribution is 2.26. The van der Waals surface area contributed by atoms with Crippen LogP contribution in [0.25, 0.3) is 0 Å². The minimum atomic E-state index is -0.839. The Bertz CT molecular complexity index is 318. The molecule has 0 aliphatic carbocycles. The van der Waals surface area contributed by atoms with Crippen molar-refractivity contribution >= 4 is 23.2 Å². The number of pyridine rings is 1. The molecule has 0 aliphatic heterocycles. The first-order valence-electron chi connectivity index (χ1n) is 4.17. The van der Waals surface area contributed by atoms with E-state index in [1.165, 1.54) is 6.20 Å². The average Bonchev–Trinajstić information content (AvgIpc) is 2.08. The van der Waals surface area contributed by atoms with Gasteiger partial charge in [0.15, 0.2) is 0 Å². The SMILES string of the molecule is CC(O)CC(O)c1cc(Cl)cnc1Cl. The first kappa shape index (κ1) is 11.7. The van der Waals surface area contributed by atoms with Crippen molar-refractivity contribution in [2.24, 2.45) is 0 Å². The van der Waals surface area contributed by atoms with Crippen LogP contribution < -0.4 is 0 Å². The van der Waals surface area contributed by atoms with Crippen LogP contribution >= 0.6 is 23.2 Å². The van der Waals surface area contributed by atoms with Crippen molar-refractivity contribution in [3.8, 4) is 0 Å². The standard InChI is InChI=1S/C9H11Cl2NO2/c1-5(13)2-8(14)7-3-6(10)4-12-9(7)11/h3-5,8,13-14H,2H2,1H3. The van der Waals surface area contributed by atoms with E-state index in [1.54, 1.807) is 13.0 Å². The van der Waals surface area contributed by atoms with E-state index in [0.717, 1.165) is 0 Å². The van der Waals surface area contributed by atoms with E-state index >= 15 is 0 Å². The number of rotatable bonds is 3. The summed E-state index contributed by atoms with van der Waals surface area (Å²) in [5, 5.41) is 19.4. The summed E-state index contributed by atoms with van der Waals surface area (Å²) in [4.78, 5) is 3.80. The van der Waals surface area contributed by atoms with Crippen LogP contribution in [0.15, 0.2) is 12.3 Å². The molecule has 1 rings (SSSR count). The highest BCUT2D eigenvalue weighted by atomic mass is 35.5. The number of aliphatic hydroxyl groups is 2. The van der Waals surface area contributed by atoms with Crippen molar-refractivity contribution in [3.05, 3.63) is 28.0 Å². The van der Waals surface area contributed by atoms with Crippen molar-refractivity contribution < 1.29 is 10.2 Å². The largest absolute Gasteiger partial charge is 0.393 e. The summed E-state index contributed by atoms with van der Waals surface area (Å²) in [7, 11) is 0. The fraction of sp³-hybridized carbons (Fsp3) is 0.444. The van der Waals surface area contributed by atoms with E-state index in [2.05, 4.69) is 4.98 Å². The van der Waals surface area contributed by atoms with Crippen LogP contribution in [0.5, 0.6) is 0 Å². The topological polar surface area (TPSA) is 53.4 Å². The Labute approximate surface area is 92.3 Å². The Morgan fingerprint density at radius 2 is 2.07 bits per heavy atom. The third kappa shape index (κ3) is 3.10. The number of aromatic nitrogens is 1. The maximum absolute atomic E-state index is 9.65. The molecular formula is C9H11Cl2NO2. The van der Waals surface area contributed by atoms with Gasteiger partial charge >= 0.3 is 0 Å². The smallest absolute Gasteiger partial charge is 0.134 e. The van der Waals surface area contributed by atoms with Gasteiger partial charge in [-0.25, -0.2) is 4.98 Å². The first-order chi connectivity index (χ1) is 6.50. The molecular weight excluding hydrogens is 225 g/mol. The molecule has 2 unspecified atom stereocenters. The van der Waals surface area contributed by atoms with Gasteiger partial charge in [0.1, 0.15) is 5.15 Å². The Balaban J connectivity index is 2.88. The number of aliphatic hydroxyl groups excluding tert-OH is 2. The van der Waals surface area contributed by atoms with Gasteiger partial charge in [-0.05, 0) is 13.0 Å². The average molecular weight is 236 g/mol. The summed E-state index contributed by atoms with van der Waals surface area (Å²) in [6, 6.07) is 1.55. The molecule has 78 valence electrons. The molecule has 0 spiro atoms. The van der Waals surface area contributed by atoms with E-state index in [-0.39, 0.29) is 11.6 Å². The van der Waals surface area contributed by atoms with Crippen LogP contribution in [-0.4, -0.2) is 21.3 Å². The predicted octanol–water partition coefficient (Wildman–Crippen LogP) is 2.19. The summed E-state index contributed by atoms with van der Waals surface area (Å²) in [5.74, 6) is 0. The zero-order chi connectivity index (χ0) is 10.7. The van der Waals surface area contributed by atoms with Gasteiger partial charge in [-0.15, -0.1) is 0 Å². The summed E-state index contributed by atoms with van der Waals surface area (Å²) in [6.07, 6.45) is 0.179. The molecule has 1 heterocycles. The molecule has 0 fully saturated rings. The lowest BCUT2D eigenvalue weighted by atomic mass is 10.1. The number of hydrogen-bond donors (Lipinski definition) is 2. The van der Waals surface area contributed by atoms with Gasteiger partial charge in [0.25, 0.3) is 0 Å². The lowest BCUT2D eigenvalue weighted by Crippen LogP contribution is -2.08. The maximum atomic E-state index is 9.65. The van der Waals surface area contributed by atoms with Gasteiger partial charge in [0, 0.05) is 18.2 Å². The molecule has 0 aliphatic rings. The van der Waals surface area contributed by atoms with Crippen LogP contribution in [0.3, 0.4) is 0 Å². The molecule has 0 saturated carbocycles. The van der Waals surface area contributed by atoms with Crippen LogP contribution in [0.2, 0.25) is 10.2 Å². The minimum Gasteiger partial charge on any atom is -0.393 e. The third-order valence-electron chi connectivity index (χ3n) is 1.76. The van der Waals surface area contributed by atoms with Crippen molar-refractivity contribution in [3.63, 3.8) is 0 Å². The van der Waals surface area contributed by atoms with Crippen molar-refractivity contribution in [1.29, 1.82) is 0 Å². The molecule has 3 nitrogen and oxygen atoms in total. The molecule has 0 amide bonds. The second-order valence-corrected chi connectivity index (χ2v) is 3.93. The van der Waals surface area contributed by atoms with Crippen molar-refractivity contribution in [2.75, 3.05) is 0 Å². The molecule has 14 heavy (non-hydrogen) atoms. The normalized spacial score (nSPS) is 15.2. The second kappa shape index (κ2) is 4.94. The van der Waals surface area contributed by atoms with E-state index in [9.17, 15) is 5.11 Å². The number of nitrogens with zero attached hydrogens (tertiary/aromatic N) is 1. The Morgan fingerprint density at radius 1 is 1.43 bits per heavy atom. The zero-order valence-corrected chi connectivity index (χ0v) is 9.13. The maximum Gasteiger partial charge on any atom is 0.134 e. The van der Waals surface area contributed by atoms with E-state index in [0.29, 0.717) is 10.6 Å². The number of hydrogen-bond acceptors (Lipinski definition) is 3. The lowest BCUT2D eigenvalue weighted by Gasteiger charge is -2.13. The quantitative estimate of drug-likeness (QED) is 0.791. The summed E-state index contributed by atoms with van der Waals surface area (Å²) >= 11 is 11.5. The van der Waals surface area contributed by atoms with Crippen molar-refractivity contribution in [1.82, 2.24) is 4.98 Å². The highest BCUT2D eigenvalue weighted by molar-refractivity contribution is 6.32. The van der Waals surface area contributed by atoms with Gasteiger partial charge < -0.3 is 10.2 Å². The molecule has 0 radical (unpaired) electrons. The molecule has 0 bridgehead atoms. The van der Waals surface area contributed by atoms with Gasteiger partial charge in [0.2, 0.25) is 0 Å². The van der Waals surface area contributed by atoms with Crippen LogP contribution in [-0.2, 0) is 0 Å². The van der Waals surface area contributed by atoms with Crippen LogP contribution in [0.4, 0.5) is 0 Å². The molecule has 2 atom stereocenters. The van der Waals surface area contributed by atoms with Crippen LogP contribution in [0.1, 0.15) is 25.0 Å². The van der Waals surface area contributed by atoms with E-state index in [1.807, 2.05) is 0 Å². The fourth-order valence-corrected chi connectivity index (χ4v) is 1.52. The second-order valence-electron chi connectivity index (χ2n) is 3.13. The molecule has 0 aromatic carbocycles. The Hall–Kier alpha value is -0.350.